The molecule has 83 heavy (non-hydrogen) atoms. The summed E-state index contributed by atoms with van der Waals surface area (Å²) in [5.74, 6) is 1.79. The molecule has 3 aliphatic rings. The van der Waals surface area contributed by atoms with Crippen molar-refractivity contribution in [3.05, 3.63) is 191 Å². The van der Waals surface area contributed by atoms with Gasteiger partial charge in [0.25, 0.3) is 0 Å². The molecule has 431 valence electrons. The van der Waals surface area contributed by atoms with Crippen LogP contribution in [0, 0.1) is 12.7 Å². The van der Waals surface area contributed by atoms with Crippen LogP contribution in [0.25, 0.3) is 55.0 Å². The van der Waals surface area contributed by atoms with Crippen molar-refractivity contribution >= 4 is 89.5 Å². The van der Waals surface area contributed by atoms with Crippen molar-refractivity contribution in [2.75, 3.05) is 9.80 Å². The molecule has 0 spiro atoms. The summed E-state index contributed by atoms with van der Waals surface area (Å²) >= 11 is 0. The van der Waals surface area contributed by atoms with Gasteiger partial charge in [0.1, 0.15) is 0 Å². The molecule has 13 rings (SSSR count). The van der Waals surface area contributed by atoms with E-state index in [0.29, 0.717) is 23.7 Å². The first-order valence-electron chi connectivity index (χ1n) is 30.6. The molecule has 2 aromatic heterocycles. The fourth-order valence-corrected chi connectivity index (χ4v) is 13.8. The predicted molar refractivity (Wildman–Crippen MR) is 358 cm³/mol. The van der Waals surface area contributed by atoms with Crippen LogP contribution in [0.4, 0.5) is 22.7 Å². The molecule has 4 nitrogen and oxygen atoms in total. The number of nitrogens with zero attached hydrogens (tertiary/aromatic N) is 4. The van der Waals surface area contributed by atoms with Gasteiger partial charge in [0, 0.05) is 88.7 Å². The van der Waals surface area contributed by atoms with Crippen LogP contribution < -0.4 is 26.2 Å². The maximum Gasteiger partial charge on any atom is 0.226 e. The number of anilines is 4. The SMILES string of the molecule is CC(C)(C)c1ccc2c(c1)c1cc(C(C)(C)C)cc3c1n2-c1c[c-]cc2c1B3c1cc(C(C)(C)C)cc3c4cc(C(C)(C)C)ccc4n-2c13.CC(C)c1cccc(C(C)C)c1N1[CH-]N(c2c(C(C)C)cccc2C(C)C)c2ccccc21.[Au]. The van der Waals surface area contributed by atoms with Crippen molar-refractivity contribution in [2.45, 2.75) is 184 Å². The third kappa shape index (κ3) is 9.46. The Morgan fingerprint density at radius 2 is 0.723 bits per heavy atom. The molecule has 0 bridgehead atoms. The van der Waals surface area contributed by atoms with Crippen molar-refractivity contribution < 1.29 is 22.4 Å². The molecule has 8 aromatic carbocycles. The van der Waals surface area contributed by atoms with Crippen LogP contribution in [0.5, 0.6) is 0 Å². The van der Waals surface area contributed by atoms with Gasteiger partial charge in [-0.05, 0) is 149 Å². The van der Waals surface area contributed by atoms with Crippen molar-refractivity contribution in [1.29, 1.82) is 0 Å². The van der Waals surface area contributed by atoms with Gasteiger partial charge in [-0.3, -0.25) is 0 Å². The molecular weight excluding hydrogens is 1190 g/mol. The summed E-state index contributed by atoms with van der Waals surface area (Å²) in [6.07, 6.45) is 0. The Bertz CT molecular complexity index is 3890. The first kappa shape index (κ1) is 58.5. The fourth-order valence-electron chi connectivity index (χ4n) is 13.8. The van der Waals surface area contributed by atoms with Gasteiger partial charge < -0.3 is 18.9 Å². The molecule has 5 heterocycles. The van der Waals surface area contributed by atoms with E-state index >= 15 is 0 Å². The molecule has 0 saturated carbocycles. The van der Waals surface area contributed by atoms with Crippen LogP contribution in [-0.2, 0) is 44.0 Å². The number of benzene rings is 8. The summed E-state index contributed by atoms with van der Waals surface area (Å²) in [5, 5.41) is 5.42. The fraction of sp³-hybridized carbons (Fsp3) is 0.364. The number of hydrogen-bond donors (Lipinski definition) is 0. The minimum absolute atomic E-state index is 0. The number of aromatic nitrogens is 2. The summed E-state index contributed by atoms with van der Waals surface area (Å²) in [6.45, 7) is 49.0. The van der Waals surface area contributed by atoms with E-state index in [0.717, 1.165) is 0 Å². The summed E-state index contributed by atoms with van der Waals surface area (Å²) in [6, 6.07) is 55.1. The molecule has 0 amide bonds. The van der Waals surface area contributed by atoms with Crippen LogP contribution in [-0.4, -0.2) is 15.8 Å². The van der Waals surface area contributed by atoms with Gasteiger partial charge in [-0.15, -0.1) is 12.1 Å². The molecule has 0 N–H and O–H groups in total. The van der Waals surface area contributed by atoms with E-state index in [2.05, 4.69) is 304 Å². The standard InChI is InChI=1S/C46H48BN2.C31H39N2.Au/c1-43(2,3)26-16-18-36-30(20-26)32-22-28(45(7,8)9)24-34-41(32)48(36)38-14-13-15-39-40(38)47(34)35-25-29(46(10,11)12)23-33-31-21-27(44(4,5)6)17-19-37(31)49(39)42(33)35;1-20(2)24-13-11-14-25(21(3)4)30(24)32-19-33(29-18-10-9-17-28(29)32)31-26(22(5)6)15-12-16-27(31)23(7)8;/h14-25H,1-12H3;9-23H,1-8H3;/q2*-1;. The number of fused-ring (bicyclic) bond motifs is 11. The Balaban J connectivity index is 0.000000186. The second-order valence-corrected chi connectivity index (χ2v) is 29.7. The normalized spacial score (nSPS) is 14.0. The van der Waals surface area contributed by atoms with E-state index in [-0.39, 0.29) is 50.8 Å². The average molecular weight is 1280 g/mol. The molecule has 6 heteroatoms. The van der Waals surface area contributed by atoms with Crippen LogP contribution in [0.1, 0.15) is 207 Å². The van der Waals surface area contributed by atoms with Crippen LogP contribution >= 0.6 is 0 Å². The van der Waals surface area contributed by atoms with Crippen LogP contribution in [0.15, 0.2) is 133 Å². The predicted octanol–water partition coefficient (Wildman–Crippen LogP) is 19.6. The van der Waals surface area contributed by atoms with Crippen LogP contribution in [0.3, 0.4) is 0 Å². The summed E-state index contributed by atoms with van der Waals surface area (Å²) in [5.41, 5.74) is 28.5. The number of hydrogen-bond acceptors (Lipinski definition) is 2. The van der Waals surface area contributed by atoms with Gasteiger partial charge in [0.2, 0.25) is 6.71 Å². The van der Waals surface area contributed by atoms with Crippen molar-refractivity contribution in [1.82, 2.24) is 9.13 Å². The zero-order valence-corrected chi connectivity index (χ0v) is 55.4. The second-order valence-electron chi connectivity index (χ2n) is 29.7. The molecule has 1 radical (unpaired) electrons. The van der Waals surface area contributed by atoms with Gasteiger partial charge in [-0.1, -0.05) is 223 Å². The van der Waals surface area contributed by atoms with Gasteiger partial charge in [0.05, 0.1) is 0 Å². The van der Waals surface area contributed by atoms with Crippen molar-refractivity contribution in [3.63, 3.8) is 0 Å². The van der Waals surface area contributed by atoms with E-state index in [1.165, 1.54) is 139 Å². The number of para-hydroxylation sites is 4. The molecule has 0 fully saturated rings. The van der Waals surface area contributed by atoms with Gasteiger partial charge >= 0.3 is 0 Å². The zero-order chi connectivity index (χ0) is 58.6. The quantitative estimate of drug-likeness (QED) is 0.122. The zero-order valence-electron chi connectivity index (χ0n) is 53.3. The Kier molecular flexibility index (Phi) is 14.5. The number of rotatable bonds is 6. The molecule has 10 aromatic rings. The molecular formula is C77H87AuBN4-2. The monoisotopic (exact) mass is 1280 g/mol. The molecule has 0 saturated heterocycles. The third-order valence-electron chi connectivity index (χ3n) is 18.4. The van der Waals surface area contributed by atoms with E-state index in [1.807, 2.05) is 0 Å². The molecule has 0 aliphatic carbocycles. The van der Waals surface area contributed by atoms with E-state index in [9.17, 15) is 0 Å². The Labute approximate surface area is 513 Å². The van der Waals surface area contributed by atoms with Gasteiger partial charge in [-0.25, -0.2) is 0 Å². The Morgan fingerprint density at radius 1 is 0.386 bits per heavy atom. The average Bonchev–Trinajstić information content (AvgIpc) is 2.10. The van der Waals surface area contributed by atoms with Crippen LogP contribution in [0.2, 0.25) is 0 Å². The summed E-state index contributed by atoms with van der Waals surface area (Å²) in [4.78, 5) is 4.89. The first-order chi connectivity index (χ1) is 38.6. The smallest absolute Gasteiger partial charge is 0.226 e. The Hall–Kier alpha value is -6.23. The van der Waals surface area contributed by atoms with Crippen molar-refractivity contribution in [2.24, 2.45) is 0 Å². The minimum atomic E-state index is 0. The Morgan fingerprint density at radius 3 is 1.05 bits per heavy atom. The van der Waals surface area contributed by atoms with Crippen molar-refractivity contribution in [3.8, 4) is 11.4 Å². The molecule has 0 atom stereocenters. The summed E-state index contributed by atoms with van der Waals surface area (Å²) < 4.78 is 5.15. The topological polar surface area (TPSA) is 16.3 Å². The largest absolute Gasteiger partial charge is 0.473 e. The third-order valence-corrected chi connectivity index (χ3v) is 18.4. The van der Waals surface area contributed by atoms with Gasteiger partial charge in [0.15, 0.2) is 0 Å². The molecule has 3 aliphatic heterocycles. The van der Waals surface area contributed by atoms with E-state index < -0.39 is 0 Å². The second kappa shape index (κ2) is 20.5. The van der Waals surface area contributed by atoms with Gasteiger partial charge in [-0.2, -0.15) is 18.2 Å². The molecule has 0 unspecified atom stereocenters. The van der Waals surface area contributed by atoms with E-state index in [4.69, 9.17) is 0 Å². The minimum Gasteiger partial charge on any atom is -0.473 e. The summed E-state index contributed by atoms with van der Waals surface area (Å²) in [7, 11) is 0. The maximum absolute atomic E-state index is 3.65. The van der Waals surface area contributed by atoms with E-state index in [1.54, 1.807) is 0 Å². The maximum atomic E-state index is 3.65. The first-order valence-corrected chi connectivity index (χ1v) is 30.6.